The molecule has 0 fully saturated rings. The first-order chi connectivity index (χ1) is 6.52. The lowest BCUT2D eigenvalue weighted by molar-refractivity contribution is -0.385. The van der Waals surface area contributed by atoms with Gasteiger partial charge in [-0.15, -0.1) is 0 Å². The van der Waals surface area contributed by atoms with E-state index >= 15 is 0 Å². The lowest BCUT2D eigenvalue weighted by atomic mass is 10.1. The molecule has 0 amide bonds. The molecule has 1 aromatic rings. The highest BCUT2D eigenvalue weighted by molar-refractivity contribution is 9.09. The van der Waals surface area contributed by atoms with Gasteiger partial charge in [-0.05, 0) is 12.5 Å². The molecule has 0 bridgehead atoms. The van der Waals surface area contributed by atoms with E-state index in [0.29, 0.717) is 17.0 Å². The zero-order chi connectivity index (χ0) is 10.7. The van der Waals surface area contributed by atoms with E-state index in [9.17, 15) is 10.1 Å². The molecule has 0 saturated heterocycles. The van der Waals surface area contributed by atoms with Gasteiger partial charge in [0.2, 0.25) is 0 Å². The average Bonchev–Trinajstić information content (AvgIpc) is 2.07. The van der Waals surface area contributed by atoms with Crippen LogP contribution >= 0.6 is 27.5 Å². The van der Waals surface area contributed by atoms with E-state index in [2.05, 4.69) is 15.9 Å². The minimum absolute atomic E-state index is 0.0869. The highest BCUT2D eigenvalue weighted by atomic mass is 79.9. The van der Waals surface area contributed by atoms with Crippen LogP contribution in [0.1, 0.15) is 12.5 Å². The van der Waals surface area contributed by atoms with Gasteiger partial charge in [0.1, 0.15) is 0 Å². The van der Waals surface area contributed by atoms with Gasteiger partial charge in [-0.3, -0.25) is 10.1 Å². The highest BCUT2D eigenvalue weighted by Crippen LogP contribution is 2.28. The summed E-state index contributed by atoms with van der Waals surface area (Å²) >= 11 is 9.24. The van der Waals surface area contributed by atoms with Crippen LogP contribution in [0.2, 0.25) is 5.02 Å². The SMILES string of the molecule is CC(Br)Cc1c(Cl)cccc1[N+](=O)[O-]. The van der Waals surface area contributed by atoms with Gasteiger partial charge in [0.25, 0.3) is 5.69 Å². The monoisotopic (exact) mass is 277 g/mol. The van der Waals surface area contributed by atoms with Crippen molar-refractivity contribution in [3.8, 4) is 0 Å². The molecule has 0 saturated carbocycles. The Morgan fingerprint density at radius 2 is 2.29 bits per heavy atom. The predicted molar refractivity (Wildman–Crippen MR) is 60.2 cm³/mol. The second-order valence-electron chi connectivity index (χ2n) is 2.98. The molecule has 0 heterocycles. The molecule has 1 unspecified atom stereocenters. The summed E-state index contributed by atoms with van der Waals surface area (Å²) in [6.07, 6.45) is 0.552. The number of rotatable bonds is 3. The molecule has 0 aromatic heterocycles. The van der Waals surface area contributed by atoms with E-state index in [4.69, 9.17) is 11.6 Å². The molecule has 0 radical (unpaired) electrons. The van der Waals surface area contributed by atoms with Crippen molar-refractivity contribution in [2.75, 3.05) is 0 Å². The number of halogens is 2. The average molecular weight is 279 g/mol. The third kappa shape index (κ3) is 2.69. The summed E-state index contributed by atoms with van der Waals surface area (Å²) in [6.45, 7) is 1.92. The summed E-state index contributed by atoms with van der Waals surface area (Å²) in [5, 5.41) is 11.1. The van der Waals surface area contributed by atoms with Gasteiger partial charge in [0, 0.05) is 16.5 Å². The smallest absolute Gasteiger partial charge is 0.258 e. The zero-order valence-corrected chi connectivity index (χ0v) is 9.88. The highest BCUT2D eigenvalue weighted by Gasteiger charge is 2.17. The Balaban J connectivity index is 3.15. The third-order valence-electron chi connectivity index (χ3n) is 1.78. The molecule has 0 aliphatic carbocycles. The quantitative estimate of drug-likeness (QED) is 0.482. The Morgan fingerprint density at radius 1 is 1.64 bits per heavy atom. The molecule has 1 rings (SSSR count). The minimum atomic E-state index is -0.406. The predicted octanol–water partition coefficient (Wildman–Crippen LogP) is 3.57. The third-order valence-corrected chi connectivity index (χ3v) is 2.45. The summed E-state index contributed by atoms with van der Waals surface area (Å²) in [5.74, 6) is 0. The molecular weight excluding hydrogens is 269 g/mol. The maximum atomic E-state index is 10.7. The van der Waals surface area contributed by atoms with Gasteiger partial charge < -0.3 is 0 Å². The van der Waals surface area contributed by atoms with Crippen LogP contribution in [0, 0.1) is 10.1 Å². The second-order valence-corrected chi connectivity index (χ2v) is 4.95. The minimum Gasteiger partial charge on any atom is -0.258 e. The summed E-state index contributed by atoms with van der Waals surface area (Å²) in [5.41, 5.74) is 0.673. The van der Waals surface area contributed by atoms with Crippen molar-refractivity contribution in [1.29, 1.82) is 0 Å². The first kappa shape index (κ1) is 11.5. The number of nitro groups is 1. The molecule has 1 aromatic carbocycles. The van der Waals surface area contributed by atoms with Crippen LogP contribution in [0.25, 0.3) is 0 Å². The second kappa shape index (κ2) is 4.75. The first-order valence-corrected chi connectivity index (χ1v) is 5.37. The van der Waals surface area contributed by atoms with E-state index in [0.717, 1.165) is 0 Å². The van der Waals surface area contributed by atoms with Crippen molar-refractivity contribution in [2.24, 2.45) is 0 Å². The summed E-state index contributed by atoms with van der Waals surface area (Å²) in [4.78, 5) is 10.4. The summed E-state index contributed by atoms with van der Waals surface area (Å²) in [6, 6.07) is 4.72. The zero-order valence-electron chi connectivity index (χ0n) is 7.54. The van der Waals surface area contributed by atoms with Crippen molar-refractivity contribution >= 4 is 33.2 Å². The summed E-state index contributed by atoms with van der Waals surface area (Å²) in [7, 11) is 0. The summed E-state index contributed by atoms with van der Waals surface area (Å²) < 4.78 is 0. The van der Waals surface area contributed by atoms with Crippen molar-refractivity contribution in [3.05, 3.63) is 38.9 Å². The van der Waals surface area contributed by atoms with Crippen LogP contribution in [0.15, 0.2) is 18.2 Å². The van der Waals surface area contributed by atoms with Crippen molar-refractivity contribution < 1.29 is 4.92 Å². The Hall–Kier alpha value is -0.610. The number of nitro benzene ring substituents is 1. The number of hydrogen-bond donors (Lipinski definition) is 0. The molecule has 0 aliphatic heterocycles. The van der Waals surface area contributed by atoms with Crippen LogP contribution in [-0.4, -0.2) is 9.75 Å². The van der Waals surface area contributed by atoms with Crippen LogP contribution in [0.5, 0.6) is 0 Å². The van der Waals surface area contributed by atoms with Gasteiger partial charge in [-0.1, -0.05) is 40.5 Å². The number of alkyl halides is 1. The Kier molecular flexibility index (Phi) is 3.89. The van der Waals surface area contributed by atoms with Crippen LogP contribution in [0.3, 0.4) is 0 Å². The van der Waals surface area contributed by atoms with Crippen LogP contribution in [0.4, 0.5) is 5.69 Å². The van der Waals surface area contributed by atoms with Gasteiger partial charge in [0.05, 0.1) is 9.95 Å². The molecule has 0 aliphatic rings. The number of hydrogen-bond acceptors (Lipinski definition) is 2. The van der Waals surface area contributed by atoms with E-state index in [1.54, 1.807) is 12.1 Å². The Bertz CT molecular complexity index is 355. The van der Waals surface area contributed by atoms with E-state index < -0.39 is 4.92 Å². The van der Waals surface area contributed by atoms with Gasteiger partial charge in [-0.2, -0.15) is 0 Å². The fourth-order valence-corrected chi connectivity index (χ4v) is 1.77. The fourth-order valence-electron chi connectivity index (χ4n) is 1.20. The maximum absolute atomic E-state index is 10.7. The van der Waals surface area contributed by atoms with Crippen molar-refractivity contribution in [2.45, 2.75) is 18.2 Å². The van der Waals surface area contributed by atoms with Gasteiger partial charge in [0.15, 0.2) is 0 Å². The molecule has 5 heteroatoms. The van der Waals surface area contributed by atoms with E-state index in [-0.39, 0.29) is 10.5 Å². The van der Waals surface area contributed by atoms with E-state index in [1.165, 1.54) is 6.07 Å². The molecule has 1 atom stereocenters. The Morgan fingerprint density at radius 3 is 2.79 bits per heavy atom. The first-order valence-electron chi connectivity index (χ1n) is 4.08. The normalized spacial score (nSPS) is 12.5. The molecule has 14 heavy (non-hydrogen) atoms. The lowest BCUT2D eigenvalue weighted by Crippen LogP contribution is -2.02. The van der Waals surface area contributed by atoms with Crippen molar-refractivity contribution in [3.63, 3.8) is 0 Å². The maximum Gasteiger partial charge on any atom is 0.274 e. The molecule has 0 spiro atoms. The number of benzene rings is 1. The molecule has 76 valence electrons. The molecular formula is C9H9BrClNO2. The van der Waals surface area contributed by atoms with E-state index in [1.807, 2.05) is 6.92 Å². The molecule has 0 N–H and O–H groups in total. The van der Waals surface area contributed by atoms with Crippen LogP contribution < -0.4 is 0 Å². The topological polar surface area (TPSA) is 43.1 Å². The largest absolute Gasteiger partial charge is 0.274 e. The fraction of sp³-hybridized carbons (Fsp3) is 0.333. The Labute approximate surface area is 95.4 Å². The number of nitrogens with zero attached hydrogens (tertiary/aromatic N) is 1. The van der Waals surface area contributed by atoms with Crippen molar-refractivity contribution in [1.82, 2.24) is 0 Å². The lowest BCUT2D eigenvalue weighted by Gasteiger charge is -2.06. The van der Waals surface area contributed by atoms with Gasteiger partial charge >= 0.3 is 0 Å². The molecule has 3 nitrogen and oxygen atoms in total. The van der Waals surface area contributed by atoms with Gasteiger partial charge in [-0.25, -0.2) is 0 Å². The van der Waals surface area contributed by atoms with Crippen LogP contribution in [-0.2, 0) is 6.42 Å². The standard InChI is InChI=1S/C9H9BrClNO2/c1-6(10)5-7-8(11)3-2-4-9(7)12(13)14/h2-4,6H,5H2,1H3.